The van der Waals surface area contributed by atoms with Gasteiger partial charge in [0.2, 0.25) is 5.91 Å². The number of urea groups is 1. The van der Waals surface area contributed by atoms with Crippen LogP contribution in [0.4, 0.5) is 4.79 Å². The van der Waals surface area contributed by atoms with Crippen LogP contribution in [-0.4, -0.2) is 86.2 Å². The highest BCUT2D eigenvalue weighted by atomic mass is 35.5. The van der Waals surface area contributed by atoms with Gasteiger partial charge in [0.05, 0.1) is 43.1 Å². The molecule has 0 radical (unpaired) electrons. The van der Waals surface area contributed by atoms with Gasteiger partial charge in [-0.3, -0.25) is 14.6 Å². The number of carbonyl (C=O) groups excluding carboxylic acids is 2. The number of nitriles is 1. The van der Waals surface area contributed by atoms with Gasteiger partial charge in [0.25, 0.3) is 0 Å². The van der Waals surface area contributed by atoms with Crippen molar-refractivity contribution in [3.63, 3.8) is 0 Å². The second-order valence-corrected chi connectivity index (χ2v) is 12.4. The first-order chi connectivity index (χ1) is 22.8. The van der Waals surface area contributed by atoms with Gasteiger partial charge < -0.3 is 19.7 Å². The molecule has 3 aromatic rings. The van der Waals surface area contributed by atoms with Crippen LogP contribution in [0.3, 0.4) is 0 Å². The molecule has 0 aromatic heterocycles. The van der Waals surface area contributed by atoms with Gasteiger partial charge in [0.1, 0.15) is 5.75 Å². The molecule has 1 fully saturated rings. The second-order valence-electron chi connectivity index (χ2n) is 11.5. The van der Waals surface area contributed by atoms with Gasteiger partial charge in [-0.15, -0.1) is 0 Å². The molecule has 0 aliphatic carbocycles. The molecule has 2 atom stereocenters. The Kier molecular flexibility index (Phi) is 11.8. The lowest BCUT2D eigenvalue weighted by atomic mass is 9.80. The normalized spacial score (nSPS) is 18.3. The highest BCUT2D eigenvalue weighted by Crippen LogP contribution is 2.48. The molecule has 246 valence electrons. The first-order valence-corrected chi connectivity index (χ1v) is 16.5. The summed E-state index contributed by atoms with van der Waals surface area (Å²) in [5, 5.41) is 13.7. The van der Waals surface area contributed by atoms with Gasteiger partial charge in [0, 0.05) is 61.4 Å². The highest BCUT2D eigenvalue weighted by molar-refractivity contribution is 6.30. The van der Waals surface area contributed by atoms with Crippen LogP contribution >= 0.6 is 23.2 Å². The number of benzene rings is 3. The van der Waals surface area contributed by atoms with Gasteiger partial charge in [-0.25, -0.2) is 4.79 Å². The Labute approximate surface area is 286 Å². The maximum atomic E-state index is 14.9. The zero-order valence-corrected chi connectivity index (χ0v) is 28.1. The van der Waals surface area contributed by atoms with Gasteiger partial charge in [-0.2, -0.15) is 5.26 Å². The summed E-state index contributed by atoms with van der Waals surface area (Å²) in [5.41, 5.74) is 3.91. The zero-order valence-electron chi connectivity index (χ0n) is 26.6. The van der Waals surface area contributed by atoms with Crippen molar-refractivity contribution in [1.82, 2.24) is 20.0 Å². The molecule has 0 saturated carbocycles. The van der Waals surface area contributed by atoms with Gasteiger partial charge in [-0.1, -0.05) is 53.5 Å². The Morgan fingerprint density at radius 1 is 0.957 bits per heavy atom. The van der Waals surface area contributed by atoms with Crippen LogP contribution < -0.4 is 10.1 Å². The topological polar surface area (TPSA) is 98.1 Å². The standard InChI is InChI=1S/C36H39Cl2N5O4/c1-3-47-33-22-25(23-39)4-13-31(33)32-15-14-30(26-5-9-28(37)10-6-26)35(27-7-11-29(38)12-8-27)43(32)36(45)42-19-17-41(18-20-42)24-34(44)40-16-21-46-2/h4-13,15,22,30,35H,3,14,16-21,24H2,1-2H3,(H,40,44). The Hall–Kier alpha value is -4.07. The summed E-state index contributed by atoms with van der Waals surface area (Å²) in [4.78, 5) is 33.1. The molecule has 2 aliphatic rings. The molecule has 2 heterocycles. The summed E-state index contributed by atoms with van der Waals surface area (Å²) in [6.45, 7) is 5.50. The smallest absolute Gasteiger partial charge is 0.325 e. The minimum atomic E-state index is -0.393. The van der Waals surface area contributed by atoms with Crippen molar-refractivity contribution in [3.8, 4) is 11.8 Å². The third-order valence-electron chi connectivity index (χ3n) is 8.52. The molecule has 3 amide bonds. The molecule has 11 heteroatoms. The summed E-state index contributed by atoms with van der Waals surface area (Å²) < 4.78 is 11.1. The zero-order chi connectivity index (χ0) is 33.3. The van der Waals surface area contributed by atoms with Gasteiger partial charge in [-0.05, 0) is 66.9 Å². The number of allylic oxidation sites excluding steroid dienone is 1. The van der Waals surface area contributed by atoms with Crippen LogP contribution in [0, 0.1) is 11.3 Å². The minimum Gasteiger partial charge on any atom is -0.493 e. The molecular weight excluding hydrogens is 637 g/mol. The number of nitrogens with zero attached hydrogens (tertiary/aromatic N) is 4. The van der Waals surface area contributed by atoms with E-state index in [4.69, 9.17) is 32.7 Å². The molecule has 2 unspecified atom stereocenters. The number of methoxy groups -OCH3 is 1. The van der Waals surface area contributed by atoms with E-state index in [1.807, 2.05) is 71.3 Å². The van der Waals surface area contributed by atoms with E-state index in [0.717, 1.165) is 16.7 Å². The lowest BCUT2D eigenvalue weighted by Crippen LogP contribution is -2.55. The number of piperazine rings is 1. The van der Waals surface area contributed by atoms with Crippen LogP contribution in [0.25, 0.3) is 5.70 Å². The molecular formula is C36H39Cl2N5O4. The number of ether oxygens (including phenoxy) is 2. The van der Waals surface area contributed by atoms with E-state index in [2.05, 4.69) is 22.4 Å². The van der Waals surface area contributed by atoms with Crippen molar-refractivity contribution in [2.45, 2.75) is 25.3 Å². The van der Waals surface area contributed by atoms with E-state index >= 15 is 0 Å². The maximum Gasteiger partial charge on any atom is 0.325 e. The number of hydrogen-bond donors (Lipinski definition) is 1. The number of amides is 3. The first kappa shape index (κ1) is 34.3. The van der Waals surface area contributed by atoms with Crippen molar-refractivity contribution in [1.29, 1.82) is 5.26 Å². The lowest BCUT2D eigenvalue weighted by Gasteiger charge is -2.45. The van der Waals surface area contributed by atoms with E-state index in [1.54, 1.807) is 19.2 Å². The van der Waals surface area contributed by atoms with E-state index in [-0.39, 0.29) is 24.4 Å². The fourth-order valence-electron chi connectivity index (χ4n) is 6.21. The molecule has 0 spiro atoms. The second kappa shape index (κ2) is 16.2. The predicted molar refractivity (Wildman–Crippen MR) is 183 cm³/mol. The fraction of sp³-hybridized carbons (Fsp3) is 0.361. The number of hydrogen-bond acceptors (Lipinski definition) is 6. The van der Waals surface area contributed by atoms with E-state index in [1.165, 1.54) is 0 Å². The Morgan fingerprint density at radius 2 is 1.62 bits per heavy atom. The summed E-state index contributed by atoms with van der Waals surface area (Å²) in [5.74, 6) is 0.382. The van der Waals surface area contributed by atoms with Crippen molar-refractivity contribution in [3.05, 3.63) is 105 Å². The average Bonchev–Trinajstić information content (AvgIpc) is 3.09. The van der Waals surface area contributed by atoms with E-state index < -0.39 is 6.04 Å². The molecule has 1 N–H and O–H groups in total. The largest absolute Gasteiger partial charge is 0.493 e. The Morgan fingerprint density at radius 3 is 2.23 bits per heavy atom. The Balaban J connectivity index is 1.53. The van der Waals surface area contributed by atoms with Crippen LogP contribution in [0.1, 0.15) is 47.6 Å². The monoisotopic (exact) mass is 675 g/mol. The van der Waals surface area contributed by atoms with Crippen molar-refractivity contribution >= 4 is 40.8 Å². The molecule has 5 rings (SSSR count). The molecule has 0 bridgehead atoms. The number of halogens is 2. The van der Waals surface area contributed by atoms with Crippen LogP contribution in [-0.2, 0) is 9.53 Å². The SMILES string of the molecule is CCOc1cc(C#N)ccc1C1=CCC(c2ccc(Cl)cc2)C(c2ccc(Cl)cc2)N1C(=O)N1CCN(CC(=O)NCCOC)CC1. The molecule has 3 aromatic carbocycles. The molecule has 2 aliphatic heterocycles. The van der Waals surface area contributed by atoms with E-state index in [9.17, 15) is 14.9 Å². The average molecular weight is 677 g/mol. The quantitative estimate of drug-likeness (QED) is 0.252. The highest BCUT2D eigenvalue weighted by Gasteiger charge is 2.41. The molecule has 1 saturated heterocycles. The van der Waals surface area contributed by atoms with Crippen LogP contribution in [0.2, 0.25) is 10.0 Å². The third kappa shape index (κ3) is 8.27. The van der Waals surface area contributed by atoms with Gasteiger partial charge >= 0.3 is 6.03 Å². The molecule has 9 nitrogen and oxygen atoms in total. The summed E-state index contributed by atoms with van der Waals surface area (Å²) in [7, 11) is 1.60. The predicted octanol–water partition coefficient (Wildman–Crippen LogP) is 6.34. The van der Waals surface area contributed by atoms with Crippen LogP contribution in [0.5, 0.6) is 5.75 Å². The number of nitrogens with one attached hydrogen (secondary N) is 1. The number of carbonyl (C=O) groups is 2. The van der Waals surface area contributed by atoms with E-state index in [0.29, 0.717) is 79.4 Å². The van der Waals surface area contributed by atoms with Crippen molar-refractivity contribution in [2.24, 2.45) is 0 Å². The van der Waals surface area contributed by atoms with Crippen LogP contribution in [0.15, 0.2) is 72.8 Å². The van der Waals surface area contributed by atoms with Crippen molar-refractivity contribution < 1.29 is 19.1 Å². The van der Waals surface area contributed by atoms with Gasteiger partial charge in [0.15, 0.2) is 0 Å². The van der Waals surface area contributed by atoms with Crippen molar-refractivity contribution in [2.75, 3.05) is 59.6 Å². The fourth-order valence-corrected chi connectivity index (χ4v) is 6.46. The summed E-state index contributed by atoms with van der Waals surface area (Å²) in [6, 6.07) is 22.4. The lowest BCUT2D eigenvalue weighted by molar-refractivity contribution is -0.122. The molecule has 47 heavy (non-hydrogen) atoms. The first-order valence-electron chi connectivity index (χ1n) is 15.8. The maximum absolute atomic E-state index is 14.9. The summed E-state index contributed by atoms with van der Waals surface area (Å²) >= 11 is 12.6. The summed E-state index contributed by atoms with van der Waals surface area (Å²) in [6.07, 6.45) is 2.74. The Bertz CT molecular complexity index is 1620. The third-order valence-corrected chi connectivity index (χ3v) is 9.03. The number of rotatable bonds is 10. The minimum absolute atomic E-state index is 0.0686.